The summed E-state index contributed by atoms with van der Waals surface area (Å²) in [5.41, 5.74) is 6.85. The first-order valence-electron chi connectivity index (χ1n) is 10.2. The van der Waals surface area contributed by atoms with Gasteiger partial charge in [-0.1, -0.05) is 48.6 Å². The van der Waals surface area contributed by atoms with Crippen molar-refractivity contribution < 1.29 is 0 Å². The van der Waals surface area contributed by atoms with Gasteiger partial charge in [-0.15, -0.1) is 11.3 Å². The van der Waals surface area contributed by atoms with Crippen molar-refractivity contribution in [3.63, 3.8) is 0 Å². The third-order valence-electron chi connectivity index (χ3n) is 6.03. The summed E-state index contributed by atoms with van der Waals surface area (Å²) in [6.07, 6.45) is 6.45. The van der Waals surface area contributed by atoms with E-state index in [0.717, 1.165) is 45.6 Å². The molecule has 0 bridgehead atoms. The number of anilines is 1. The molecule has 0 amide bonds. The minimum atomic E-state index is 0.993. The Kier molecular flexibility index (Phi) is 4.79. The zero-order valence-corrected chi connectivity index (χ0v) is 17.0. The van der Waals surface area contributed by atoms with E-state index in [9.17, 15) is 0 Å². The average Bonchev–Trinajstić information content (AvgIpc) is 3.21. The van der Waals surface area contributed by atoms with Gasteiger partial charge in [-0.2, -0.15) is 0 Å². The molecule has 1 aliphatic heterocycles. The molecule has 2 aliphatic rings. The summed E-state index contributed by atoms with van der Waals surface area (Å²) in [6.45, 7) is 9.77. The van der Waals surface area contributed by atoms with Gasteiger partial charge in [0.05, 0.1) is 0 Å². The number of fused-ring (bicyclic) bond motifs is 2. The highest BCUT2D eigenvalue weighted by Gasteiger charge is 2.19. The van der Waals surface area contributed by atoms with Gasteiger partial charge >= 0.3 is 0 Å². The predicted molar refractivity (Wildman–Crippen MR) is 123 cm³/mol. The van der Waals surface area contributed by atoms with Crippen LogP contribution in [0.5, 0.6) is 0 Å². The van der Waals surface area contributed by atoms with Crippen molar-refractivity contribution in [2.24, 2.45) is 0 Å². The first-order valence-corrected chi connectivity index (χ1v) is 11.1. The van der Waals surface area contributed by atoms with E-state index in [1.54, 1.807) is 0 Å². The van der Waals surface area contributed by atoms with Crippen LogP contribution in [0.2, 0.25) is 0 Å². The van der Waals surface area contributed by atoms with Crippen LogP contribution >= 0.6 is 11.3 Å². The molecule has 2 heterocycles. The molecular weight excluding hydrogens is 360 g/mol. The third kappa shape index (κ3) is 3.52. The number of nitrogens with zero attached hydrogens (tertiary/aromatic N) is 2. The number of piperazine rings is 1. The molecule has 0 saturated carbocycles. The van der Waals surface area contributed by atoms with Crippen LogP contribution in [-0.4, -0.2) is 37.6 Å². The van der Waals surface area contributed by atoms with Crippen LogP contribution in [-0.2, 0) is 12.8 Å². The average molecular weight is 387 g/mol. The normalized spacial score (nSPS) is 17.3. The quantitative estimate of drug-likeness (QED) is 0.593. The number of hydrogen-bond acceptors (Lipinski definition) is 3. The minimum absolute atomic E-state index is 0.993. The van der Waals surface area contributed by atoms with Crippen molar-refractivity contribution in [1.29, 1.82) is 0 Å². The Morgan fingerprint density at radius 3 is 2.75 bits per heavy atom. The van der Waals surface area contributed by atoms with E-state index in [0.29, 0.717) is 0 Å². The molecule has 0 spiro atoms. The topological polar surface area (TPSA) is 6.48 Å². The van der Waals surface area contributed by atoms with Crippen LogP contribution in [0.4, 0.5) is 5.69 Å². The van der Waals surface area contributed by atoms with E-state index in [1.165, 1.54) is 38.0 Å². The lowest BCUT2D eigenvalue weighted by molar-refractivity contribution is 0.261. The van der Waals surface area contributed by atoms with E-state index < -0.39 is 0 Å². The van der Waals surface area contributed by atoms with Gasteiger partial charge in [0.2, 0.25) is 0 Å². The lowest BCUT2D eigenvalue weighted by Crippen LogP contribution is -2.47. The zero-order chi connectivity index (χ0) is 18.9. The zero-order valence-electron chi connectivity index (χ0n) is 16.2. The molecule has 0 atom stereocenters. The summed E-state index contributed by atoms with van der Waals surface area (Å²) in [5, 5.41) is 3.61. The SMILES string of the molecule is C=C1C=Cc2ccc(CCN3CCN(c4cccc5sccc45)CC3)cc2C1. The molecule has 3 heteroatoms. The molecule has 0 radical (unpaired) electrons. The van der Waals surface area contributed by atoms with Gasteiger partial charge < -0.3 is 4.90 Å². The number of allylic oxidation sites excluding steroid dienone is 2. The highest BCUT2D eigenvalue weighted by molar-refractivity contribution is 7.17. The smallest absolute Gasteiger partial charge is 0.0455 e. The van der Waals surface area contributed by atoms with Crippen molar-refractivity contribution in [1.82, 2.24) is 4.90 Å². The molecule has 3 aromatic rings. The lowest BCUT2D eigenvalue weighted by atomic mass is 9.92. The van der Waals surface area contributed by atoms with Crippen molar-refractivity contribution in [3.8, 4) is 0 Å². The Balaban J connectivity index is 1.19. The van der Waals surface area contributed by atoms with Crippen molar-refractivity contribution in [3.05, 3.63) is 82.8 Å². The third-order valence-corrected chi connectivity index (χ3v) is 6.91. The first-order chi connectivity index (χ1) is 13.8. The highest BCUT2D eigenvalue weighted by Crippen LogP contribution is 2.31. The van der Waals surface area contributed by atoms with Crippen LogP contribution < -0.4 is 4.90 Å². The van der Waals surface area contributed by atoms with Crippen LogP contribution in [0.25, 0.3) is 16.2 Å². The van der Waals surface area contributed by atoms with Crippen LogP contribution in [0.1, 0.15) is 16.7 Å². The lowest BCUT2D eigenvalue weighted by Gasteiger charge is -2.36. The fraction of sp³-hybridized carbons (Fsp3) is 0.280. The molecule has 1 aliphatic carbocycles. The molecule has 1 saturated heterocycles. The summed E-state index contributed by atoms with van der Waals surface area (Å²) in [7, 11) is 0. The molecule has 1 fully saturated rings. The van der Waals surface area contributed by atoms with Crippen LogP contribution in [0, 0.1) is 0 Å². The Morgan fingerprint density at radius 1 is 0.964 bits per heavy atom. The molecule has 0 unspecified atom stereocenters. The Labute approximate surface area is 171 Å². The van der Waals surface area contributed by atoms with Crippen molar-refractivity contribution >= 4 is 33.2 Å². The summed E-state index contributed by atoms with van der Waals surface area (Å²) in [6, 6.07) is 15.9. The van der Waals surface area contributed by atoms with Gasteiger partial charge in [0, 0.05) is 48.5 Å². The van der Waals surface area contributed by atoms with E-state index in [1.807, 2.05) is 11.3 Å². The van der Waals surface area contributed by atoms with Crippen LogP contribution in [0.3, 0.4) is 0 Å². The highest BCUT2D eigenvalue weighted by atomic mass is 32.1. The van der Waals surface area contributed by atoms with Gasteiger partial charge in [-0.25, -0.2) is 0 Å². The fourth-order valence-corrected chi connectivity index (χ4v) is 5.20. The molecular formula is C25H26N2S. The summed E-state index contributed by atoms with van der Waals surface area (Å²) >= 11 is 1.83. The van der Waals surface area contributed by atoms with Crippen molar-refractivity contribution in [2.45, 2.75) is 12.8 Å². The van der Waals surface area contributed by atoms with Crippen molar-refractivity contribution in [2.75, 3.05) is 37.6 Å². The molecule has 5 rings (SSSR count). The molecule has 28 heavy (non-hydrogen) atoms. The maximum atomic E-state index is 4.11. The minimum Gasteiger partial charge on any atom is -0.368 e. The molecule has 142 valence electrons. The molecule has 2 aromatic carbocycles. The second-order valence-corrected chi connectivity index (χ2v) is 8.84. The fourth-order valence-electron chi connectivity index (χ4n) is 4.39. The van der Waals surface area contributed by atoms with E-state index in [-0.39, 0.29) is 0 Å². The number of benzene rings is 2. The Bertz CT molecular complexity index is 1040. The first kappa shape index (κ1) is 17.7. The Morgan fingerprint density at radius 2 is 1.86 bits per heavy atom. The van der Waals surface area contributed by atoms with E-state index in [2.05, 4.69) is 76.4 Å². The van der Waals surface area contributed by atoms with Gasteiger partial charge in [0.15, 0.2) is 0 Å². The van der Waals surface area contributed by atoms with Gasteiger partial charge in [0.25, 0.3) is 0 Å². The van der Waals surface area contributed by atoms with E-state index in [4.69, 9.17) is 0 Å². The summed E-state index contributed by atoms with van der Waals surface area (Å²) < 4.78 is 1.39. The monoisotopic (exact) mass is 386 g/mol. The molecule has 0 N–H and O–H groups in total. The number of hydrogen-bond donors (Lipinski definition) is 0. The summed E-state index contributed by atoms with van der Waals surface area (Å²) in [5.74, 6) is 0. The maximum Gasteiger partial charge on any atom is 0.0455 e. The molecule has 2 nitrogen and oxygen atoms in total. The maximum absolute atomic E-state index is 4.11. The summed E-state index contributed by atoms with van der Waals surface area (Å²) in [4.78, 5) is 5.17. The second kappa shape index (κ2) is 7.57. The molecule has 1 aromatic heterocycles. The van der Waals surface area contributed by atoms with Crippen LogP contribution in [0.15, 0.2) is 66.1 Å². The van der Waals surface area contributed by atoms with Gasteiger partial charge in [-0.3, -0.25) is 4.90 Å². The van der Waals surface area contributed by atoms with Gasteiger partial charge in [-0.05, 0) is 53.1 Å². The Hall–Kier alpha value is -2.36. The second-order valence-electron chi connectivity index (χ2n) is 7.89. The predicted octanol–water partition coefficient (Wildman–Crippen LogP) is 5.39. The van der Waals surface area contributed by atoms with E-state index >= 15 is 0 Å². The number of rotatable bonds is 4. The van der Waals surface area contributed by atoms with Gasteiger partial charge in [0.1, 0.15) is 0 Å². The number of thiophene rings is 1. The largest absolute Gasteiger partial charge is 0.368 e. The standard InChI is InChI=1S/C25H26N2S/c1-19-5-7-21-8-6-20(18-22(21)17-19)9-11-26-12-14-27(15-13-26)24-3-2-4-25-23(24)10-16-28-25/h2-8,10,16,18H,1,9,11-15,17H2.